The van der Waals surface area contributed by atoms with Gasteiger partial charge in [0.2, 0.25) is 5.91 Å². The molecule has 2 saturated heterocycles. The number of piperazine rings is 1. The highest BCUT2D eigenvalue weighted by molar-refractivity contribution is 5.79. The Bertz CT molecular complexity index is 920. The molecule has 0 unspecified atom stereocenters. The van der Waals surface area contributed by atoms with Crippen LogP contribution in [0.3, 0.4) is 0 Å². The van der Waals surface area contributed by atoms with Crippen molar-refractivity contribution in [1.29, 1.82) is 0 Å². The van der Waals surface area contributed by atoms with Crippen molar-refractivity contribution < 1.29 is 14.5 Å². The van der Waals surface area contributed by atoms with Gasteiger partial charge in [-0.3, -0.25) is 14.9 Å². The van der Waals surface area contributed by atoms with Crippen LogP contribution in [-0.2, 0) is 4.79 Å². The average Bonchev–Trinajstić information content (AvgIpc) is 2.84. The molecule has 2 aliphatic heterocycles. The largest absolute Gasteiger partial charge is 0.495 e. The maximum Gasteiger partial charge on any atom is 0.287 e. The first-order valence-corrected chi connectivity index (χ1v) is 10.6. The molecule has 0 bridgehead atoms. The number of nitrogens with zero attached hydrogens (tertiary/aromatic N) is 5. The van der Waals surface area contributed by atoms with Crippen LogP contribution in [0.25, 0.3) is 0 Å². The van der Waals surface area contributed by atoms with Crippen molar-refractivity contribution in [3.8, 4) is 5.75 Å². The number of hydrogen-bond acceptors (Lipinski definition) is 7. The Morgan fingerprint density at radius 3 is 2.35 bits per heavy atom. The molecule has 2 aliphatic rings. The molecule has 0 N–H and O–H groups in total. The van der Waals surface area contributed by atoms with Crippen LogP contribution in [0.5, 0.6) is 5.75 Å². The van der Waals surface area contributed by atoms with Gasteiger partial charge in [-0.05, 0) is 31.0 Å². The number of nitro groups is 1. The van der Waals surface area contributed by atoms with E-state index in [1.807, 2.05) is 23.1 Å². The molecule has 0 saturated carbocycles. The molecule has 31 heavy (non-hydrogen) atoms. The highest BCUT2D eigenvalue weighted by Crippen LogP contribution is 2.29. The smallest absolute Gasteiger partial charge is 0.287 e. The topological polar surface area (TPSA) is 92.0 Å². The Balaban J connectivity index is 1.29. The van der Waals surface area contributed by atoms with E-state index in [4.69, 9.17) is 4.74 Å². The maximum atomic E-state index is 13.1. The summed E-state index contributed by atoms with van der Waals surface area (Å²) in [6.45, 7) is 4.45. The van der Waals surface area contributed by atoms with Gasteiger partial charge in [-0.2, -0.15) is 0 Å². The third kappa shape index (κ3) is 4.55. The summed E-state index contributed by atoms with van der Waals surface area (Å²) in [4.78, 5) is 33.9. The molecule has 1 aromatic heterocycles. The quantitative estimate of drug-likeness (QED) is 0.537. The van der Waals surface area contributed by atoms with E-state index in [2.05, 4.69) is 20.9 Å². The minimum absolute atomic E-state index is 0.0129. The summed E-state index contributed by atoms with van der Waals surface area (Å²) in [5, 5.41) is 10.8. The first-order chi connectivity index (χ1) is 15.1. The highest BCUT2D eigenvalue weighted by Gasteiger charge is 2.31. The SMILES string of the molecule is COc1ccccc1N1CCN(C(=O)C2CCN(c3ccc([N+](=O)[O-])cn3)CC2)CC1. The Morgan fingerprint density at radius 1 is 1.03 bits per heavy atom. The van der Waals surface area contributed by atoms with E-state index >= 15 is 0 Å². The number of carbonyl (C=O) groups is 1. The van der Waals surface area contributed by atoms with Crippen LogP contribution < -0.4 is 14.5 Å². The molecular weight excluding hydrogens is 398 g/mol. The van der Waals surface area contributed by atoms with Crippen molar-refractivity contribution in [2.75, 3.05) is 56.2 Å². The zero-order valence-electron chi connectivity index (χ0n) is 17.6. The molecule has 3 heterocycles. The molecule has 2 aromatic rings. The van der Waals surface area contributed by atoms with Gasteiger partial charge >= 0.3 is 0 Å². The van der Waals surface area contributed by atoms with E-state index in [0.29, 0.717) is 13.1 Å². The fraction of sp³-hybridized carbons (Fsp3) is 0.455. The lowest BCUT2D eigenvalue weighted by atomic mass is 9.95. The summed E-state index contributed by atoms with van der Waals surface area (Å²) < 4.78 is 5.47. The maximum absolute atomic E-state index is 13.1. The van der Waals surface area contributed by atoms with Crippen molar-refractivity contribution in [3.05, 3.63) is 52.7 Å². The zero-order chi connectivity index (χ0) is 21.8. The van der Waals surface area contributed by atoms with Gasteiger partial charge in [0.1, 0.15) is 17.8 Å². The van der Waals surface area contributed by atoms with Crippen LogP contribution in [0.4, 0.5) is 17.2 Å². The van der Waals surface area contributed by atoms with Gasteiger partial charge in [-0.25, -0.2) is 4.98 Å². The number of hydrogen-bond donors (Lipinski definition) is 0. The molecular formula is C22H27N5O4. The van der Waals surface area contributed by atoms with E-state index in [0.717, 1.165) is 56.3 Å². The fourth-order valence-corrected chi connectivity index (χ4v) is 4.35. The molecule has 4 rings (SSSR count). The van der Waals surface area contributed by atoms with Gasteiger partial charge in [-0.1, -0.05) is 12.1 Å². The second-order valence-electron chi connectivity index (χ2n) is 7.88. The van der Waals surface area contributed by atoms with Crippen LogP contribution in [0, 0.1) is 16.0 Å². The number of aromatic nitrogens is 1. The number of ether oxygens (including phenoxy) is 1. The predicted octanol–water partition coefficient (Wildman–Crippen LogP) is 2.56. The lowest BCUT2D eigenvalue weighted by Gasteiger charge is -2.39. The first-order valence-electron chi connectivity index (χ1n) is 10.6. The van der Waals surface area contributed by atoms with Crippen molar-refractivity contribution >= 4 is 23.1 Å². The molecule has 0 spiro atoms. The number of methoxy groups -OCH3 is 1. The predicted molar refractivity (Wildman–Crippen MR) is 118 cm³/mol. The van der Waals surface area contributed by atoms with E-state index in [1.54, 1.807) is 13.2 Å². The Labute approximate surface area is 181 Å². The van der Waals surface area contributed by atoms with Gasteiger partial charge in [0.25, 0.3) is 5.69 Å². The van der Waals surface area contributed by atoms with E-state index in [-0.39, 0.29) is 17.5 Å². The summed E-state index contributed by atoms with van der Waals surface area (Å²) in [5.41, 5.74) is 1.06. The summed E-state index contributed by atoms with van der Waals surface area (Å²) in [5.74, 6) is 1.83. The normalized spacial score (nSPS) is 17.5. The van der Waals surface area contributed by atoms with Crippen LogP contribution in [-0.4, -0.2) is 67.1 Å². The Hall–Kier alpha value is -3.36. The van der Waals surface area contributed by atoms with E-state index < -0.39 is 4.92 Å². The molecule has 1 amide bonds. The number of para-hydroxylation sites is 2. The van der Waals surface area contributed by atoms with Gasteiger partial charge in [-0.15, -0.1) is 0 Å². The second-order valence-corrected chi connectivity index (χ2v) is 7.88. The summed E-state index contributed by atoms with van der Waals surface area (Å²) >= 11 is 0. The van der Waals surface area contributed by atoms with E-state index in [1.165, 1.54) is 12.3 Å². The average molecular weight is 425 g/mol. The standard InChI is InChI=1S/C22H27N5O4/c1-31-20-5-3-2-4-19(20)24-12-14-26(15-13-24)22(28)17-8-10-25(11-9-17)21-7-6-18(16-23-21)27(29)30/h2-7,16-17H,8-15H2,1H3. The van der Waals surface area contributed by atoms with Crippen LogP contribution in [0.15, 0.2) is 42.6 Å². The number of benzene rings is 1. The minimum Gasteiger partial charge on any atom is -0.495 e. The Kier molecular flexibility index (Phi) is 6.20. The van der Waals surface area contributed by atoms with Crippen molar-refractivity contribution in [1.82, 2.24) is 9.88 Å². The summed E-state index contributed by atoms with van der Waals surface area (Å²) in [6.07, 6.45) is 2.82. The first kappa shape index (κ1) is 20.9. The monoisotopic (exact) mass is 425 g/mol. The molecule has 164 valence electrons. The number of rotatable bonds is 5. The molecule has 1 aromatic carbocycles. The van der Waals surface area contributed by atoms with Crippen LogP contribution >= 0.6 is 0 Å². The summed E-state index contributed by atoms with van der Waals surface area (Å²) in [6, 6.07) is 11.1. The molecule has 9 nitrogen and oxygen atoms in total. The number of anilines is 2. The van der Waals surface area contributed by atoms with Crippen molar-refractivity contribution in [2.45, 2.75) is 12.8 Å². The zero-order valence-corrected chi connectivity index (χ0v) is 17.6. The lowest BCUT2D eigenvalue weighted by Crippen LogP contribution is -2.51. The fourth-order valence-electron chi connectivity index (χ4n) is 4.35. The lowest BCUT2D eigenvalue weighted by molar-refractivity contribution is -0.385. The van der Waals surface area contributed by atoms with Gasteiger partial charge < -0.3 is 19.4 Å². The summed E-state index contributed by atoms with van der Waals surface area (Å²) in [7, 11) is 1.68. The number of pyridine rings is 1. The second kappa shape index (κ2) is 9.20. The number of carbonyl (C=O) groups excluding carboxylic acids is 1. The van der Waals surface area contributed by atoms with Crippen LogP contribution in [0.2, 0.25) is 0 Å². The third-order valence-corrected chi connectivity index (χ3v) is 6.13. The Morgan fingerprint density at radius 2 is 1.74 bits per heavy atom. The van der Waals surface area contributed by atoms with Crippen molar-refractivity contribution in [2.24, 2.45) is 5.92 Å². The highest BCUT2D eigenvalue weighted by atomic mass is 16.6. The molecule has 0 atom stereocenters. The number of amides is 1. The van der Waals surface area contributed by atoms with E-state index in [9.17, 15) is 14.9 Å². The van der Waals surface area contributed by atoms with Gasteiger partial charge in [0.15, 0.2) is 0 Å². The van der Waals surface area contributed by atoms with Gasteiger partial charge in [0, 0.05) is 51.3 Å². The minimum atomic E-state index is -0.449. The molecule has 9 heteroatoms. The van der Waals surface area contributed by atoms with Crippen LogP contribution in [0.1, 0.15) is 12.8 Å². The molecule has 0 radical (unpaired) electrons. The van der Waals surface area contributed by atoms with Gasteiger partial charge in [0.05, 0.1) is 17.7 Å². The number of piperidine rings is 1. The molecule has 0 aliphatic carbocycles. The van der Waals surface area contributed by atoms with Crippen molar-refractivity contribution in [3.63, 3.8) is 0 Å². The third-order valence-electron chi connectivity index (χ3n) is 6.13. The molecule has 2 fully saturated rings.